The number of benzene rings is 2. The number of anilines is 2. The van der Waals surface area contributed by atoms with E-state index in [2.05, 4.69) is 9.46 Å². The predicted molar refractivity (Wildman–Crippen MR) is 117 cm³/mol. The van der Waals surface area contributed by atoms with E-state index >= 15 is 0 Å². The van der Waals surface area contributed by atoms with Crippen molar-refractivity contribution in [3.63, 3.8) is 0 Å². The molecule has 172 valence electrons. The number of nitrogens with zero attached hydrogens (tertiary/aromatic N) is 1. The SMILES string of the molecule is COC(=O)c1ccccc1NS(=O)(=O)c1cc(N2C(=O)C(C)(C)CS2(=O)=O)ccc1OC. The standard InChI is InChI=1S/C20H22N2O8S2/c1-20(2)12-31(25,26)22(19(20)24)13-9-10-16(29-3)17(11-13)32(27,28)21-15-8-6-5-7-14(15)18(23)30-4/h5-11,21H,12H2,1-4H3. The lowest BCUT2D eigenvalue weighted by Crippen LogP contribution is -2.33. The topological polar surface area (TPSA) is 136 Å². The zero-order chi connectivity index (χ0) is 23.9. The van der Waals surface area contributed by atoms with Crippen molar-refractivity contribution in [1.29, 1.82) is 0 Å². The molecule has 0 radical (unpaired) electrons. The van der Waals surface area contributed by atoms with Crippen molar-refractivity contribution >= 4 is 43.3 Å². The summed E-state index contributed by atoms with van der Waals surface area (Å²) in [5.74, 6) is -1.91. The van der Waals surface area contributed by atoms with Gasteiger partial charge in [0.2, 0.25) is 15.9 Å². The van der Waals surface area contributed by atoms with Gasteiger partial charge in [0.25, 0.3) is 10.0 Å². The van der Waals surface area contributed by atoms with Crippen LogP contribution in [0.15, 0.2) is 47.4 Å². The zero-order valence-corrected chi connectivity index (χ0v) is 19.4. The van der Waals surface area contributed by atoms with E-state index in [-0.39, 0.29) is 22.7 Å². The normalized spacial score (nSPS) is 17.1. The molecule has 0 saturated carbocycles. The van der Waals surface area contributed by atoms with Gasteiger partial charge in [-0.15, -0.1) is 0 Å². The van der Waals surface area contributed by atoms with Gasteiger partial charge in [-0.3, -0.25) is 9.52 Å². The molecule has 0 atom stereocenters. The maximum absolute atomic E-state index is 13.2. The first-order valence-electron chi connectivity index (χ1n) is 9.30. The number of sulfonamides is 2. The van der Waals surface area contributed by atoms with Gasteiger partial charge in [-0.1, -0.05) is 12.1 Å². The Labute approximate surface area is 186 Å². The molecule has 1 N–H and O–H groups in total. The molecule has 1 fully saturated rings. The molecule has 32 heavy (non-hydrogen) atoms. The average Bonchev–Trinajstić information content (AvgIpc) is 2.89. The highest BCUT2D eigenvalue weighted by Gasteiger charge is 2.50. The van der Waals surface area contributed by atoms with Crippen molar-refractivity contribution in [2.45, 2.75) is 18.7 Å². The monoisotopic (exact) mass is 482 g/mol. The van der Waals surface area contributed by atoms with Crippen LogP contribution < -0.4 is 13.8 Å². The molecular weight excluding hydrogens is 460 g/mol. The fourth-order valence-electron chi connectivity index (χ4n) is 3.32. The minimum absolute atomic E-state index is 0.0206. The van der Waals surface area contributed by atoms with Gasteiger partial charge in [0.1, 0.15) is 10.6 Å². The van der Waals surface area contributed by atoms with Crippen molar-refractivity contribution in [2.75, 3.05) is 29.0 Å². The van der Waals surface area contributed by atoms with Crippen LogP contribution in [0.5, 0.6) is 5.75 Å². The quantitative estimate of drug-likeness (QED) is 0.618. The molecule has 1 heterocycles. The minimum Gasteiger partial charge on any atom is -0.495 e. The van der Waals surface area contributed by atoms with Crippen LogP contribution in [0.3, 0.4) is 0 Å². The number of carbonyl (C=O) groups is 2. The maximum atomic E-state index is 13.2. The second kappa shape index (κ2) is 8.10. The Morgan fingerprint density at radius 2 is 1.78 bits per heavy atom. The number of hydrogen-bond acceptors (Lipinski definition) is 8. The largest absolute Gasteiger partial charge is 0.495 e. The van der Waals surface area contributed by atoms with E-state index in [0.29, 0.717) is 4.31 Å². The van der Waals surface area contributed by atoms with Gasteiger partial charge in [-0.2, -0.15) is 0 Å². The number of para-hydroxylation sites is 1. The lowest BCUT2D eigenvalue weighted by Gasteiger charge is -2.20. The summed E-state index contributed by atoms with van der Waals surface area (Å²) >= 11 is 0. The van der Waals surface area contributed by atoms with Crippen LogP contribution in [-0.4, -0.2) is 48.7 Å². The highest BCUT2D eigenvalue weighted by atomic mass is 32.2. The van der Waals surface area contributed by atoms with Gasteiger partial charge in [-0.25, -0.2) is 25.9 Å². The van der Waals surface area contributed by atoms with Crippen molar-refractivity contribution in [3.8, 4) is 5.75 Å². The number of esters is 1. The summed E-state index contributed by atoms with van der Waals surface area (Å²) in [6.07, 6.45) is 0. The lowest BCUT2D eigenvalue weighted by atomic mass is 9.95. The van der Waals surface area contributed by atoms with Gasteiger partial charge < -0.3 is 9.47 Å². The maximum Gasteiger partial charge on any atom is 0.339 e. The van der Waals surface area contributed by atoms with E-state index in [1.54, 1.807) is 0 Å². The zero-order valence-electron chi connectivity index (χ0n) is 17.8. The number of carbonyl (C=O) groups excluding carboxylic acids is 2. The van der Waals surface area contributed by atoms with Crippen molar-refractivity contribution in [3.05, 3.63) is 48.0 Å². The highest BCUT2D eigenvalue weighted by Crippen LogP contribution is 2.38. The molecule has 0 aromatic heterocycles. The average molecular weight is 483 g/mol. The second-order valence-electron chi connectivity index (χ2n) is 7.69. The van der Waals surface area contributed by atoms with Crippen LogP contribution in [0.25, 0.3) is 0 Å². The summed E-state index contributed by atoms with van der Waals surface area (Å²) in [6.45, 7) is 3.00. The lowest BCUT2D eigenvalue weighted by molar-refractivity contribution is -0.123. The van der Waals surface area contributed by atoms with Crippen molar-refractivity contribution in [2.24, 2.45) is 5.41 Å². The Bertz CT molecular complexity index is 1300. The summed E-state index contributed by atoms with van der Waals surface area (Å²) < 4.78 is 64.3. The van der Waals surface area contributed by atoms with Gasteiger partial charge in [-0.05, 0) is 44.2 Å². The molecule has 2 aromatic carbocycles. The van der Waals surface area contributed by atoms with Gasteiger partial charge in [0.05, 0.1) is 42.3 Å². The van der Waals surface area contributed by atoms with Crippen molar-refractivity contribution < 1.29 is 35.9 Å². The summed E-state index contributed by atoms with van der Waals surface area (Å²) in [5.41, 5.74) is -1.36. The Morgan fingerprint density at radius 1 is 1.12 bits per heavy atom. The summed E-state index contributed by atoms with van der Waals surface area (Å²) in [6, 6.07) is 9.40. The molecular formula is C20H22N2O8S2. The Kier molecular flexibility index (Phi) is 5.96. The van der Waals surface area contributed by atoms with Crippen molar-refractivity contribution in [1.82, 2.24) is 0 Å². The Balaban J connectivity index is 2.11. The number of nitrogens with one attached hydrogen (secondary N) is 1. The molecule has 0 bridgehead atoms. The molecule has 0 unspecified atom stereocenters. The molecule has 12 heteroatoms. The van der Waals surface area contributed by atoms with E-state index in [4.69, 9.17) is 4.74 Å². The fourth-order valence-corrected chi connectivity index (χ4v) is 6.69. The van der Waals surface area contributed by atoms with E-state index in [0.717, 1.165) is 13.2 Å². The number of rotatable bonds is 6. The molecule has 0 spiro atoms. The fraction of sp³-hybridized carbons (Fsp3) is 0.300. The minimum atomic E-state index is -4.37. The number of amides is 1. The third kappa shape index (κ3) is 4.15. The van der Waals surface area contributed by atoms with Crippen LogP contribution in [0.1, 0.15) is 24.2 Å². The van der Waals surface area contributed by atoms with Crippen LogP contribution in [0.2, 0.25) is 0 Å². The smallest absolute Gasteiger partial charge is 0.339 e. The molecule has 0 aliphatic carbocycles. The van der Waals surface area contributed by atoms with E-state index in [1.807, 2.05) is 0 Å². The molecule has 2 aromatic rings. The highest BCUT2D eigenvalue weighted by molar-refractivity contribution is 7.94. The Hall–Kier alpha value is -3.12. The molecule has 3 rings (SSSR count). The first-order chi connectivity index (χ1) is 14.8. The van der Waals surface area contributed by atoms with Crippen LogP contribution in [-0.2, 0) is 29.6 Å². The third-order valence-corrected chi connectivity index (χ3v) is 8.24. The van der Waals surface area contributed by atoms with Crippen LogP contribution >= 0.6 is 0 Å². The molecule has 1 aliphatic rings. The third-order valence-electron chi connectivity index (χ3n) is 4.83. The molecule has 1 aliphatic heterocycles. The summed E-state index contributed by atoms with van der Waals surface area (Å²) in [7, 11) is -5.95. The molecule has 1 amide bonds. The van der Waals surface area contributed by atoms with E-state index in [1.165, 1.54) is 57.4 Å². The molecule has 1 saturated heterocycles. The van der Waals surface area contributed by atoms with Gasteiger partial charge in [0.15, 0.2) is 0 Å². The molecule has 10 nitrogen and oxygen atoms in total. The first-order valence-corrected chi connectivity index (χ1v) is 12.4. The summed E-state index contributed by atoms with van der Waals surface area (Å²) in [5, 5.41) is 0. The van der Waals surface area contributed by atoms with E-state index < -0.39 is 48.0 Å². The number of ether oxygens (including phenoxy) is 2. The predicted octanol–water partition coefficient (Wildman–Crippen LogP) is 1.99. The van der Waals surface area contributed by atoms with Gasteiger partial charge in [0, 0.05) is 0 Å². The summed E-state index contributed by atoms with van der Waals surface area (Å²) in [4.78, 5) is 24.3. The number of methoxy groups -OCH3 is 2. The van der Waals surface area contributed by atoms with Crippen LogP contribution in [0, 0.1) is 5.41 Å². The Morgan fingerprint density at radius 3 is 2.34 bits per heavy atom. The van der Waals surface area contributed by atoms with E-state index in [9.17, 15) is 26.4 Å². The first kappa shape index (κ1) is 23.5. The second-order valence-corrected chi connectivity index (χ2v) is 11.2. The van der Waals surface area contributed by atoms with Gasteiger partial charge >= 0.3 is 5.97 Å². The number of hydrogen-bond donors (Lipinski definition) is 1. The van der Waals surface area contributed by atoms with Crippen LogP contribution in [0.4, 0.5) is 11.4 Å².